The van der Waals surface area contributed by atoms with Crippen molar-refractivity contribution >= 4 is 17.8 Å². The second kappa shape index (κ2) is 6.62. The first-order valence-electron chi connectivity index (χ1n) is 7.52. The smallest absolute Gasteiger partial charge is 0.315 e. The molecule has 2 amide bonds. The molecule has 0 radical (unpaired) electrons. The maximum atomic E-state index is 13.5. The number of carbonyl (C=O) groups excluding carboxylic acids is 1. The Kier molecular flexibility index (Phi) is 4.56. The highest BCUT2D eigenvalue weighted by atomic mass is 32.2. The number of carbonyl (C=O) groups is 1. The summed E-state index contributed by atoms with van der Waals surface area (Å²) in [5.41, 5.74) is 1.77. The zero-order valence-electron chi connectivity index (χ0n) is 13.0. The molecule has 0 bridgehead atoms. The molecule has 3 rings (SSSR count). The molecule has 23 heavy (non-hydrogen) atoms. The Morgan fingerprint density at radius 3 is 3.04 bits per heavy atom. The summed E-state index contributed by atoms with van der Waals surface area (Å²) < 4.78 is 15.2. The standard InChI is InChI=1S/C16H19FN4OS/c1-10(14-5-7-18-21(14)2)19-16(22)20-13-6-8-23-15-4-3-11(17)9-12(13)15/h3-5,7,9-10,13H,6,8H2,1-2H3,(H2,19,20,22). The highest BCUT2D eigenvalue weighted by molar-refractivity contribution is 7.99. The lowest BCUT2D eigenvalue weighted by molar-refractivity contribution is 0.233. The second-order valence-electron chi connectivity index (χ2n) is 5.59. The molecule has 2 atom stereocenters. The quantitative estimate of drug-likeness (QED) is 0.906. The molecule has 1 aromatic carbocycles. The Hall–Kier alpha value is -2.02. The number of thioether (sulfide) groups is 1. The lowest BCUT2D eigenvalue weighted by atomic mass is 10.0. The molecule has 1 aromatic heterocycles. The van der Waals surface area contributed by atoms with Crippen LogP contribution in [0.2, 0.25) is 0 Å². The number of aromatic nitrogens is 2. The van der Waals surface area contributed by atoms with E-state index in [9.17, 15) is 9.18 Å². The predicted octanol–water partition coefficient (Wildman–Crippen LogP) is 3.16. The number of aryl methyl sites for hydroxylation is 1. The van der Waals surface area contributed by atoms with Gasteiger partial charge >= 0.3 is 6.03 Å². The third kappa shape index (κ3) is 3.50. The maximum absolute atomic E-state index is 13.5. The van der Waals surface area contributed by atoms with Gasteiger partial charge in [-0.25, -0.2) is 9.18 Å². The monoisotopic (exact) mass is 334 g/mol. The van der Waals surface area contributed by atoms with E-state index in [4.69, 9.17) is 0 Å². The van der Waals surface area contributed by atoms with Gasteiger partial charge in [-0.15, -0.1) is 11.8 Å². The Labute approximate surface area is 138 Å². The summed E-state index contributed by atoms with van der Waals surface area (Å²) in [5.74, 6) is 0.627. The molecule has 0 aliphatic carbocycles. The highest BCUT2D eigenvalue weighted by Gasteiger charge is 2.23. The zero-order valence-corrected chi connectivity index (χ0v) is 13.9. The highest BCUT2D eigenvalue weighted by Crippen LogP contribution is 2.36. The summed E-state index contributed by atoms with van der Waals surface area (Å²) in [7, 11) is 1.84. The second-order valence-corrected chi connectivity index (χ2v) is 6.73. The van der Waals surface area contributed by atoms with Crippen molar-refractivity contribution in [2.45, 2.75) is 30.3 Å². The van der Waals surface area contributed by atoms with Crippen LogP contribution in [0, 0.1) is 5.82 Å². The number of amides is 2. The number of hydrogen-bond acceptors (Lipinski definition) is 3. The van der Waals surface area contributed by atoms with Crippen LogP contribution in [0.5, 0.6) is 0 Å². The summed E-state index contributed by atoms with van der Waals surface area (Å²) in [6.07, 6.45) is 2.48. The molecule has 0 fully saturated rings. The van der Waals surface area contributed by atoms with Crippen LogP contribution in [0.3, 0.4) is 0 Å². The van der Waals surface area contributed by atoms with Crippen LogP contribution >= 0.6 is 11.8 Å². The maximum Gasteiger partial charge on any atom is 0.315 e. The van der Waals surface area contributed by atoms with Crippen LogP contribution in [0.15, 0.2) is 35.4 Å². The van der Waals surface area contributed by atoms with E-state index < -0.39 is 0 Å². The van der Waals surface area contributed by atoms with Gasteiger partial charge in [0.15, 0.2) is 0 Å². The van der Waals surface area contributed by atoms with Crippen molar-refractivity contribution in [1.82, 2.24) is 20.4 Å². The lowest BCUT2D eigenvalue weighted by Crippen LogP contribution is -2.40. The minimum Gasteiger partial charge on any atom is -0.331 e. The molecule has 7 heteroatoms. The van der Waals surface area contributed by atoms with Crippen LogP contribution in [-0.4, -0.2) is 21.6 Å². The van der Waals surface area contributed by atoms with Gasteiger partial charge in [0.2, 0.25) is 0 Å². The summed E-state index contributed by atoms with van der Waals surface area (Å²) in [6.45, 7) is 1.90. The van der Waals surface area contributed by atoms with Crippen LogP contribution in [0.25, 0.3) is 0 Å². The van der Waals surface area contributed by atoms with Gasteiger partial charge in [-0.1, -0.05) is 0 Å². The van der Waals surface area contributed by atoms with E-state index in [1.165, 1.54) is 12.1 Å². The summed E-state index contributed by atoms with van der Waals surface area (Å²) in [4.78, 5) is 13.3. The van der Waals surface area contributed by atoms with Gasteiger partial charge < -0.3 is 10.6 Å². The van der Waals surface area contributed by atoms with Crippen molar-refractivity contribution in [3.63, 3.8) is 0 Å². The van der Waals surface area contributed by atoms with Crippen LogP contribution in [0.4, 0.5) is 9.18 Å². The van der Waals surface area contributed by atoms with Gasteiger partial charge in [0.1, 0.15) is 5.82 Å². The Balaban J connectivity index is 1.67. The van der Waals surface area contributed by atoms with Crippen molar-refractivity contribution < 1.29 is 9.18 Å². The number of urea groups is 1. The van der Waals surface area contributed by atoms with Crippen molar-refractivity contribution in [2.75, 3.05) is 5.75 Å². The van der Waals surface area contributed by atoms with Crippen LogP contribution in [-0.2, 0) is 7.05 Å². The predicted molar refractivity (Wildman–Crippen MR) is 87.8 cm³/mol. The van der Waals surface area contributed by atoms with Gasteiger partial charge in [-0.2, -0.15) is 5.10 Å². The molecule has 122 valence electrons. The number of benzene rings is 1. The first-order chi connectivity index (χ1) is 11.0. The molecule has 2 heterocycles. The largest absolute Gasteiger partial charge is 0.331 e. The summed E-state index contributed by atoms with van der Waals surface area (Å²) in [5, 5.41) is 9.96. The molecular formula is C16H19FN4OS. The van der Waals surface area contributed by atoms with E-state index in [0.29, 0.717) is 0 Å². The van der Waals surface area contributed by atoms with E-state index in [1.54, 1.807) is 28.7 Å². The van der Waals surface area contributed by atoms with Crippen molar-refractivity contribution in [1.29, 1.82) is 0 Å². The number of rotatable bonds is 3. The fourth-order valence-electron chi connectivity index (χ4n) is 2.79. The van der Waals surface area contributed by atoms with Gasteiger partial charge in [0, 0.05) is 23.9 Å². The van der Waals surface area contributed by atoms with Crippen molar-refractivity contribution in [3.8, 4) is 0 Å². The van der Waals surface area contributed by atoms with E-state index in [-0.39, 0.29) is 23.9 Å². The van der Waals surface area contributed by atoms with Gasteiger partial charge in [-0.3, -0.25) is 4.68 Å². The molecule has 2 N–H and O–H groups in total. The topological polar surface area (TPSA) is 59.0 Å². The van der Waals surface area contributed by atoms with Crippen molar-refractivity contribution in [2.24, 2.45) is 7.05 Å². The Bertz CT molecular complexity index is 718. The molecule has 1 aliphatic rings. The minimum absolute atomic E-state index is 0.160. The van der Waals surface area contributed by atoms with E-state index in [2.05, 4.69) is 15.7 Å². The first-order valence-corrected chi connectivity index (χ1v) is 8.50. The van der Waals surface area contributed by atoms with Crippen LogP contribution < -0.4 is 10.6 Å². The Morgan fingerprint density at radius 1 is 1.48 bits per heavy atom. The number of nitrogens with one attached hydrogen (secondary N) is 2. The van der Waals surface area contributed by atoms with E-state index >= 15 is 0 Å². The third-order valence-corrected chi connectivity index (χ3v) is 5.09. The molecular weight excluding hydrogens is 315 g/mol. The fraction of sp³-hybridized carbons (Fsp3) is 0.375. The SMILES string of the molecule is CC(NC(=O)NC1CCSc2ccc(F)cc21)c1ccnn1C. The Morgan fingerprint density at radius 2 is 2.30 bits per heavy atom. The fourth-order valence-corrected chi connectivity index (χ4v) is 3.90. The number of fused-ring (bicyclic) bond motifs is 1. The van der Waals surface area contributed by atoms with Crippen LogP contribution in [0.1, 0.15) is 36.7 Å². The number of halogens is 1. The number of nitrogens with zero attached hydrogens (tertiary/aromatic N) is 2. The third-order valence-electron chi connectivity index (χ3n) is 3.97. The normalized spacial score (nSPS) is 18.1. The summed E-state index contributed by atoms with van der Waals surface area (Å²) >= 11 is 1.69. The average molecular weight is 334 g/mol. The van der Waals surface area contributed by atoms with Crippen molar-refractivity contribution in [3.05, 3.63) is 47.5 Å². The summed E-state index contributed by atoms with van der Waals surface area (Å²) in [6, 6.07) is 6.03. The molecule has 5 nitrogen and oxygen atoms in total. The molecule has 0 saturated carbocycles. The average Bonchev–Trinajstić information content (AvgIpc) is 2.94. The van der Waals surface area contributed by atoms with Gasteiger partial charge in [0.25, 0.3) is 0 Å². The zero-order chi connectivity index (χ0) is 16.4. The lowest BCUT2D eigenvalue weighted by Gasteiger charge is -2.26. The molecule has 0 spiro atoms. The molecule has 2 aromatic rings. The molecule has 2 unspecified atom stereocenters. The van der Waals surface area contributed by atoms with Gasteiger partial charge in [0.05, 0.1) is 17.8 Å². The minimum atomic E-state index is -0.276. The van der Waals surface area contributed by atoms with Gasteiger partial charge in [-0.05, 0) is 43.2 Å². The number of hydrogen-bond donors (Lipinski definition) is 2. The molecule has 0 saturated heterocycles. The molecule has 1 aliphatic heterocycles. The van der Waals surface area contributed by atoms with E-state index in [0.717, 1.165) is 28.3 Å². The first kappa shape index (κ1) is 15.9. The van der Waals surface area contributed by atoms with E-state index in [1.807, 2.05) is 20.0 Å².